The van der Waals surface area contributed by atoms with Crippen molar-refractivity contribution in [2.45, 2.75) is 38.5 Å². The summed E-state index contributed by atoms with van der Waals surface area (Å²) in [5.41, 5.74) is 1.14. The molecule has 0 unspecified atom stereocenters. The van der Waals surface area contributed by atoms with Gasteiger partial charge in [-0.15, -0.1) is 11.3 Å². The number of carbonyl (C=O) groups excluding carboxylic acids is 1. The van der Waals surface area contributed by atoms with Gasteiger partial charge >= 0.3 is 5.63 Å². The van der Waals surface area contributed by atoms with Gasteiger partial charge < -0.3 is 9.15 Å². The fourth-order valence-electron chi connectivity index (χ4n) is 3.19. The van der Waals surface area contributed by atoms with Gasteiger partial charge in [0.2, 0.25) is 0 Å². The van der Waals surface area contributed by atoms with E-state index in [1.54, 1.807) is 35.6 Å². The van der Waals surface area contributed by atoms with Gasteiger partial charge in [0.25, 0.3) is 5.91 Å². The number of benzene rings is 1. The van der Waals surface area contributed by atoms with Gasteiger partial charge in [-0.1, -0.05) is 12.8 Å². The van der Waals surface area contributed by atoms with Crippen LogP contribution in [0.4, 0.5) is 5.13 Å². The van der Waals surface area contributed by atoms with Crippen LogP contribution < -0.4 is 15.7 Å². The van der Waals surface area contributed by atoms with E-state index in [9.17, 15) is 9.59 Å². The smallest absolute Gasteiger partial charge is 0.336 e. The molecule has 1 aromatic carbocycles. The SMILES string of the molecule is O=C(COc1ccc2ccc(=O)oc2c1)Nc1nc2c(s1)CCCCCC2. The molecule has 1 amide bonds. The zero-order chi connectivity index (χ0) is 18.6. The molecule has 0 aliphatic heterocycles. The molecule has 0 atom stereocenters. The molecule has 0 saturated carbocycles. The van der Waals surface area contributed by atoms with E-state index < -0.39 is 5.63 Å². The standard InChI is InChI=1S/C20H20N2O4S/c23-18(22-20-21-15-5-3-1-2-4-6-17(15)27-20)12-25-14-9-7-13-8-10-19(24)26-16(13)11-14/h7-11H,1-6,12H2,(H,21,22,23). The van der Waals surface area contributed by atoms with Crippen LogP contribution in [0.25, 0.3) is 11.0 Å². The van der Waals surface area contributed by atoms with Crippen molar-refractivity contribution in [2.24, 2.45) is 0 Å². The fraction of sp³-hybridized carbons (Fsp3) is 0.350. The number of nitrogens with one attached hydrogen (secondary N) is 1. The Kier molecular flexibility index (Phi) is 5.20. The van der Waals surface area contributed by atoms with E-state index in [2.05, 4.69) is 10.3 Å². The van der Waals surface area contributed by atoms with Crippen molar-refractivity contribution >= 4 is 33.3 Å². The number of ether oxygens (including phenoxy) is 1. The summed E-state index contributed by atoms with van der Waals surface area (Å²) < 4.78 is 10.7. The molecule has 7 heteroatoms. The van der Waals surface area contributed by atoms with Gasteiger partial charge in [-0.2, -0.15) is 0 Å². The van der Waals surface area contributed by atoms with Gasteiger partial charge in [-0.3, -0.25) is 10.1 Å². The summed E-state index contributed by atoms with van der Waals surface area (Å²) in [7, 11) is 0. The van der Waals surface area contributed by atoms with E-state index in [0.29, 0.717) is 16.5 Å². The van der Waals surface area contributed by atoms with Crippen LogP contribution in [0.2, 0.25) is 0 Å². The number of aryl methyl sites for hydroxylation is 2. The molecule has 2 heterocycles. The van der Waals surface area contributed by atoms with Gasteiger partial charge in [0.1, 0.15) is 11.3 Å². The molecule has 0 radical (unpaired) electrons. The number of amides is 1. The average Bonchev–Trinajstić information content (AvgIpc) is 3.00. The number of nitrogens with zero attached hydrogens (tertiary/aromatic N) is 1. The van der Waals surface area contributed by atoms with Crippen LogP contribution in [0.5, 0.6) is 5.75 Å². The van der Waals surface area contributed by atoms with E-state index in [1.165, 1.54) is 30.2 Å². The first-order valence-electron chi connectivity index (χ1n) is 9.12. The number of rotatable bonds is 4. The van der Waals surface area contributed by atoms with E-state index in [4.69, 9.17) is 9.15 Å². The molecule has 3 aromatic rings. The Morgan fingerprint density at radius 2 is 1.96 bits per heavy atom. The van der Waals surface area contributed by atoms with E-state index >= 15 is 0 Å². The van der Waals surface area contributed by atoms with E-state index in [0.717, 1.165) is 30.3 Å². The summed E-state index contributed by atoms with van der Waals surface area (Å²) in [6.45, 7) is -0.132. The molecule has 2 aromatic heterocycles. The molecule has 0 saturated heterocycles. The quantitative estimate of drug-likeness (QED) is 0.690. The van der Waals surface area contributed by atoms with Gasteiger partial charge in [0, 0.05) is 22.4 Å². The lowest BCUT2D eigenvalue weighted by Crippen LogP contribution is -2.20. The van der Waals surface area contributed by atoms with Crippen molar-refractivity contribution < 1.29 is 13.9 Å². The Morgan fingerprint density at radius 3 is 2.85 bits per heavy atom. The van der Waals surface area contributed by atoms with Crippen LogP contribution in [-0.4, -0.2) is 17.5 Å². The van der Waals surface area contributed by atoms with Crippen molar-refractivity contribution in [3.63, 3.8) is 0 Å². The largest absolute Gasteiger partial charge is 0.484 e. The monoisotopic (exact) mass is 384 g/mol. The number of anilines is 1. The van der Waals surface area contributed by atoms with Crippen LogP contribution in [0.15, 0.2) is 39.5 Å². The molecule has 1 aliphatic carbocycles. The maximum Gasteiger partial charge on any atom is 0.336 e. The molecule has 6 nitrogen and oxygen atoms in total. The summed E-state index contributed by atoms with van der Waals surface area (Å²) >= 11 is 1.56. The van der Waals surface area contributed by atoms with E-state index in [-0.39, 0.29) is 12.5 Å². The molecular weight excluding hydrogens is 364 g/mol. The predicted molar refractivity (Wildman–Crippen MR) is 105 cm³/mol. The molecule has 1 aliphatic rings. The highest BCUT2D eigenvalue weighted by atomic mass is 32.1. The molecule has 4 rings (SSSR count). The summed E-state index contributed by atoms with van der Waals surface area (Å²) in [6, 6.07) is 8.19. The minimum Gasteiger partial charge on any atom is -0.484 e. The Labute approximate surface area is 160 Å². The maximum absolute atomic E-state index is 12.2. The minimum absolute atomic E-state index is 0.132. The second-order valence-electron chi connectivity index (χ2n) is 6.59. The number of thiazole rings is 1. The predicted octanol–water partition coefficient (Wildman–Crippen LogP) is 3.93. The molecule has 0 bridgehead atoms. The van der Waals surface area contributed by atoms with Crippen LogP contribution in [0.1, 0.15) is 36.3 Å². The number of carbonyl (C=O) groups is 1. The molecule has 27 heavy (non-hydrogen) atoms. The molecular formula is C20H20N2O4S. The highest BCUT2D eigenvalue weighted by Gasteiger charge is 2.15. The van der Waals surface area contributed by atoms with Crippen LogP contribution >= 0.6 is 11.3 Å². The number of hydrogen-bond donors (Lipinski definition) is 1. The van der Waals surface area contributed by atoms with Crippen molar-refractivity contribution in [2.75, 3.05) is 11.9 Å². The van der Waals surface area contributed by atoms with Crippen LogP contribution in [0, 0.1) is 0 Å². The first kappa shape index (κ1) is 17.7. The average molecular weight is 384 g/mol. The van der Waals surface area contributed by atoms with Gasteiger partial charge in [0.15, 0.2) is 11.7 Å². The first-order chi connectivity index (χ1) is 13.2. The third-order valence-electron chi connectivity index (χ3n) is 4.56. The second-order valence-corrected chi connectivity index (χ2v) is 7.68. The van der Waals surface area contributed by atoms with Crippen LogP contribution in [0.3, 0.4) is 0 Å². The highest BCUT2D eigenvalue weighted by molar-refractivity contribution is 7.15. The van der Waals surface area contributed by atoms with Gasteiger partial charge in [-0.05, 0) is 43.9 Å². The lowest BCUT2D eigenvalue weighted by Gasteiger charge is -2.06. The third kappa shape index (κ3) is 4.36. The minimum atomic E-state index is -0.420. The third-order valence-corrected chi connectivity index (χ3v) is 5.63. The summed E-state index contributed by atoms with van der Waals surface area (Å²) in [4.78, 5) is 29.4. The Hall–Kier alpha value is -2.67. The maximum atomic E-state index is 12.2. The molecule has 0 spiro atoms. The number of fused-ring (bicyclic) bond motifs is 2. The zero-order valence-electron chi connectivity index (χ0n) is 14.8. The highest BCUT2D eigenvalue weighted by Crippen LogP contribution is 2.28. The lowest BCUT2D eigenvalue weighted by molar-refractivity contribution is -0.118. The van der Waals surface area contributed by atoms with Crippen molar-refractivity contribution in [3.8, 4) is 5.75 Å². The summed E-state index contributed by atoms with van der Waals surface area (Å²) in [6.07, 6.45) is 6.88. The lowest BCUT2D eigenvalue weighted by atomic mass is 10.0. The summed E-state index contributed by atoms with van der Waals surface area (Å²) in [5.74, 6) is 0.213. The zero-order valence-corrected chi connectivity index (χ0v) is 15.6. The number of hydrogen-bond acceptors (Lipinski definition) is 6. The topological polar surface area (TPSA) is 81.4 Å². The van der Waals surface area contributed by atoms with Gasteiger partial charge in [-0.25, -0.2) is 9.78 Å². The van der Waals surface area contributed by atoms with Gasteiger partial charge in [0.05, 0.1) is 5.69 Å². The molecule has 140 valence electrons. The first-order valence-corrected chi connectivity index (χ1v) is 9.94. The van der Waals surface area contributed by atoms with Crippen molar-refractivity contribution in [3.05, 3.63) is 51.3 Å². The van der Waals surface area contributed by atoms with E-state index in [1.807, 2.05) is 0 Å². The molecule has 1 N–H and O–H groups in total. The fourth-order valence-corrected chi connectivity index (χ4v) is 4.26. The number of aromatic nitrogens is 1. The Bertz CT molecular complexity index is 999. The Morgan fingerprint density at radius 1 is 1.15 bits per heavy atom. The van der Waals surface area contributed by atoms with Crippen molar-refractivity contribution in [1.82, 2.24) is 4.98 Å². The second kappa shape index (κ2) is 7.92. The van der Waals surface area contributed by atoms with Crippen LogP contribution in [-0.2, 0) is 17.6 Å². The Balaban J connectivity index is 1.38. The normalized spacial score (nSPS) is 14.2. The van der Waals surface area contributed by atoms with Crippen molar-refractivity contribution in [1.29, 1.82) is 0 Å². The molecule has 0 fully saturated rings. The summed E-state index contributed by atoms with van der Waals surface area (Å²) in [5, 5.41) is 4.26.